The summed E-state index contributed by atoms with van der Waals surface area (Å²) in [5.41, 5.74) is 5.31. The predicted octanol–water partition coefficient (Wildman–Crippen LogP) is 4.72. The van der Waals surface area contributed by atoms with Crippen molar-refractivity contribution in [2.24, 2.45) is 0 Å². The van der Waals surface area contributed by atoms with E-state index in [9.17, 15) is 4.79 Å². The molecular weight excluding hydrogens is 236 g/mol. The number of hydrogen-bond donors (Lipinski definition) is 0. The first-order valence-electron chi connectivity index (χ1n) is 7.05. The third-order valence-electron chi connectivity index (χ3n) is 3.66. The largest absolute Gasteiger partial charge is 0.458 e. The third kappa shape index (κ3) is 5.46. The van der Waals surface area contributed by atoms with Gasteiger partial charge >= 0.3 is 5.97 Å². The Kier molecular flexibility index (Phi) is 6.07. The quantitative estimate of drug-likeness (QED) is 0.505. The van der Waals surface area contributed by atoms with E-state index in [1.807, 2.05) is 0 Å². The molecule has 0 saturated heterocycles. The van der Waals surface area contributed by atoms with Gasteiger partial charge in [-0.1, -0.05) is 28.9 Å². The van der Waals surface area contributed by atoms with Gasteiger partial charge in [0.25, 0.3) is 0 Å². The van der Waals surface area contributed by atoms with Crippen molar-refractivity contribution in [1.82, 2.24) is 0 Å². The van der Waals surface area contributed by atoms with Crippen LogP contribution in [0.2, 0.25) is 0 Å². The molecule has 0 N–H and O–H groups in total. The van der Waals surface area contributed by atoms with Crippen LogP contribution in [0.5, 0.6) is 0 Å². The average molecular weight is 262 g/mol. The number of carbonyl (C=O) groups excluding carboxylic acids is 1. The van der Waals surface area contributed by atoms with Gasteiger partial charge in [0.15, 0.2) is 0 Å². The zero-order valence-corrected chi connectivity index (χ0v) is 12.9. The van der Waals surface area contributed by atoms with Gasteiger partial charge in [-0.3, -0.25) is 4.79 Å². The van der Waals surface area contributed by atoms with Crippen LogP contribution in [0.1, 0.15) is 60.3 Å². The monoisotopic (exact) mass is 262 g/mol. The highest BCUT2D eigenvalue weighted by Gasteiger charge is 2.17. The molecule has 1 rings (SSSR count). The van der Waals surface area contributed by atoms with Gasteiger partial charge in [0.05, 0.1) is 0 Å². The molecule has 0 fully saturated rings. The van der Waals surface area contributed by atoms with Crippen LogP contribution in [-0.4, -0.2) is 12.1 Å². The smallest absolute Gasteiger partial charge is 0.303 e. The van der Waals surface area contributed by atoms with Crippen LogP contribution in [0.3, 0.4) is 0 Å². The van der Waals surface area contributed by atoms with Gasteiger partial charge in [-0.25, -0.2) is 0 Å². The third-order valence-corrected chi connectivity index (χ3v) is 3.66. The predicted molar refractivity (Wildman–Crippen MR) is 79.9 cm³/mol. The van der Waals surface area contributed by atoms with E-state index in [1.165, 1.54) is 29.2 Å². The Bertz CT molecular complexity index is 421. The number of rotatable bonds is 1. The Labute approximate surface area is 117 Å². The second-order valence-electron chi connectivity index (χ2n) is 5.65. The standard InChI is InChI=1S/C17H26O2/c1-12(2)16-10-9-13(3)7-6-8-14(4)17(11-16)19-15(5)18/h8-9,17H,6-7,10-11H2,1-5H3. The van der Waals surface area contributed by atoms with Gasteiger partial charge in [0.1, 0.15) is 6.10 Å². The minimum atomic E-state index is -0.199. The molecule has 2 heteroatoms. The molecule has 2 nitrogen and oxygen atoms in total. The van der Waals surface area contributed by atoms with Crippen LogP contribution in [0.15, 0.2) is 34.4 Å². The van der Waals surface area contributed by atoms with Crippen molar-refractivity contribution in [3.05, 3.63) is 34.4 Å². The maximum Gasteiger partial charge on any atom is 0.303 e. The minimum Gasteiger partial charge on any atom is -0.458 e. The molecule has 0 radical (unpaired) electrons. The molecule has 1 atom stereocenters. The van der Waals surface area contributed by atoms with Crippen molar-refractivity contribution < 1.29 is 9.53 Å². The van der Waals surface area contributed by atoms with Gasteiger partial charge in [-0.05, 0) is 52.5 Å². The van der Waals surface area contributed by atoms with E-state index in [-0.39, 0.29) is 12.1 Å². The Morgan fingerprint density at radius 3 is 2.47 bits per heavy atom. The van der Waals surface area contributed by atoms with E-state index in [2.05, 4.69) is 39.8 Å². The number of esters is 1. The van der Waals surface area contributed by atoms with Crippen LogP contribution < -0.4 is 0 Å². The summed E-state index contributed by atoms with van der Waals surface area (Å²) in [4.78, 5) is 11.3. The average Bonchev–Trinajstić information content (AvgIpc) is 2.31. The first-order valence-corrected chi connectivity index (χ1v) is 7.05. The second-order valence-corrected chi connectivity index (χ2v) is 5.65. The highest BCUT2D eigenvalue weighted by atomic mass is 16.5. The Morgan fingerprint density at radius 2 is 1.89 bits per heavy atom. The Morgan fingerprint density at radius 1 is 1.21 bits per heavy atom. The summed E-state index contributed by atoms with van der Waals surface area (Å²) in [6.07, 6.45) is 8.30. The van der Waals surface area contributed by atoms with Crippen LogP contribution >= 0.6 is 0 Å². The van der Waals surface area contributed by atoms with Crippen molar-refractivity contribution in [2.45, 2.75) is 66.4 Å². The number of hydrogen-bond acceptors (Lipinski definition) is 2. The van der Waals surface area contributed by atoms with E-state index >= 15 is 0 Å². The number of allylic oxidation sites excluding steroid dienone is 4. The fourth-order valence-electron chi connectivity index (χ4n) is 2.27. The lowest BCUT2D eigenvalue weighted by atomic mass is 9.93. The highest BCUT2D eigenvalue weighted by molar-refractivity contribution is 5.66. The topological polar surface area (TPSA) is 26.3 Å². The van der Waals surface area contributed by atoms with Gasteiger partial charge in [-0.15, -0.1) is 0 Å². The molecule has 0 aliphatic heterocycles. The second kappa shape index (κ2) is 7.32. The SMILES string of the molecule is CC(=O)OC1CC(=C(C)C)CC=C(C)CCC=C1C. The van der Waals surface area contributed by atoms with E-state index in [1.54, 1.807) is 0 Å². The van der Waals surface area contributed by atoms with Crippen molar-refractivity contribution in [3.8, 4) is 0 Å². The highest BCUT2D eigenvalue weighted by Crippen LogP contribution is 2.25. The number of carbonyl (C=O) groups is 1. The lowest BCUT2D eigenvalue weighted by Gasteiger charge is -2.21. The molecular formula is C17H26O2. The van der Waals surface area contributed by atoms with Crippen molar-refractivity contribution in [3.63, 3.8) is 0 Å². The summed E-state index contributed by atoms with van der Waals surface area (Å²) < 4.78 is 5.48. The fourth-order valence-corrected chi connectivity index (χ4v) is 2.27. The zero-order valence-electron chi connectivity index (χ0n) is 12.9. The van der Waals surface area contributed by atoms with Gasteiger partial charge in [0.2, 0.25) is 0 Å². The zero-order chi connectivity index (χ0) is 14.4. The fraction of sp³-hybridized carbons (Fsp3) is 0.588. The van der Waals surface area contributed by atoms with Crippen LogP contribution in [0.4, 0.5) is 0 Å². The van der Waals surface area contributed by atoms with Crippen LogP contribution in [0.25, 0.3) is 0 Å². The maximum atomic E-state index is 11.3. The number of ether oxygens (including phenoxy) is 1. The summed E-state index contributed by atoms with van der Waals surface area (Å²) in [5, 5.41) is 0. The molecule has 19 heavy (non-hydrogen) atoms. The summed E-state index contributed by atoms with van der Waals surface area (Å²) in [6, 6.07) is 0. The Hall–Kier alpha value is -1.31. The van der Waals surface area contributed by atoms with E-state index in [4.69, 9.17) is 4.74 Å². The summed E-state index contributed by atoms with van der Waals surface area (Å²) in [6.45, 7) is 10.0. The molecule has 106 valence electrons. The van der Waals surface area contributed by atoms with Crippen molar-refractivity contribution >= 4 is 5.97 Å². The van der Waals surface area contributed by atoms with Gasteiger partial charge in [0, 0.05) is 13.3 Å². The normalized spacial score (nSPS) is 21.3. The molecule has 0 spiro atoms. The molecule has 0 amide bonds. The van der Waals surface area contributed by atoms with Crippen molar-refractivity contribution in [2.75, 3.05) is 0 Å². The summed E-state index contributed by atoms with van der Waals surface area (Å²) in [7, 11) is 0. The van der Waals surface area contributed by atoms with Crippen LogP contribution in [0, 0.1) is 0 Å². The van der Waals surface area contributed by atoms with E-state index < -0.39 is 0 Å². The molecule has 1 aliphatic rings. The molecule has 0 aromatic carbocycles. The lowest BCUT2D eigenvalue weighted by Crippen LogP contribution is -2.19. The Balaban J connectivity index is 3.01. The van der Waals surface area contributed by atoms with Crippen LogP contribution in [-0.2, 0) is 9.53 Å². The molecule has 0 saturated carbocycles. The molecule has 0 bridgehead atoms. The minimum absolute atomic E-state index is 0.103. The van der Waals surface area contributed by atoms with Crippen molar-refractivity contribution in [1.29, 1.82) is 0 Å². The van der Waals surface area contributed by atoms with Gasteiger partial charge in [-0.2, -0.15) is 0 Å². The molecule has 0 heterocycles. The first kappa shape index (κ1) is 15.7. The maximum absolute atomic E-state index is 11.3. The first-order chi connectivity index (χ1) is 8.90. The summed E-state index contributed by atoms with van der Waals surface area (Å²) >= 11 is 0. The lowest BCUT2D eigenvalue weighted by molar-refractivity contribution is -0.144. The van der Waals surface area contributed by atoms with E-state index in [0.717, 1.165) is 25.7 Å². The van der Waals surface area contributed by atoms with Gasteiger partial charge < -0.3 is 4.74 Å². The molecule has 1 aliphatic carbocycles. The molecule has 0 aromatic rings. The van der Waals surface area contributed by atoms with E-state index in [0.29, 0.717) is 0 Å². The molecule has 1 unspecified atom stereocenters. The summed E-state index contributed by atoms with van der Waals surface area (Å²) in [5.74, 6) is -0.199. The molecule has 0 aromatic heterocycles.